The van der Waals surface area contributed by atoms with Crippen LogP contribution >= 0.6 is 0 Å². The summed E-state index contributed by atoms with van der Waals surface area (Å²) in [5.41, 5.74) is -0.0798. The van der Waals surface area contributed by atoms with Crippen LogP contribution in [0.1, 0.15) is 30.3 Å². The van der Waals surface area contributed by atoms with Crippen molar-refractivity contribution in [1.29, 1.82) is 0 Å². The molecule has 0 aliphatic rings. The second-order valence-corrected chi connectivity index (χ2v) is 4.67. The average molecular weight is 289 g/mol. The Labute approximate surface area is 122 Å². The Morgan fingerprint density at radius 3 is 2.81 bits per heavy atom. The maximum atomic E-state index is 12.1. The molecule has 1 aromatic heterocycles. The molecule has 0 aliphatic heterocycles. The normalized spacial score (nSPS) is 10.7. The van der Waals surface area contributed by atoms with Gasteiger partial charge >= 0.3 is 0 Å². The highest BCUT2D eigenvalue weighted by Crippen LogP contribution is 2.11. The van der Waals surface area contributed by atoms with E-state index in [0.29, 0.717) is 30.5 Å². The number of aromatic nitrogens is 2. The first-order valence-electron chi connectivity index (χ1n) is 7.07. The molecule has 0 aliphatic carbocycles. The number of amides is 1. The van der Waals surface area contributed by atoms with E-state index in [1.165, 1.54) is 0 Å². The highest BCUT2D eigenvalue weighted by molar-refractivity contribution is 6.04. The average Bonchev–Trinajstić information content (AvgIpc) is 2.51. The minimum atomic E-state index is -0.318. The molecule has 0 fully saturated rings. The number of aromatic amines is 1. The van der Waals surface area contributed by atoms with E-state index >= 15 is 0 Å². The molecule has 0 spiro atoms. The van der Waals surface area contributed by atoms with Gasteiger partial charge in [0.05, 0.1) is 12.0 Å². The smallest absolute Gasteiger partial charge is 0.272 e. The van der Waals surface area contributed by atoms with Crippen molar-refractivity contribution in [3.05, 3.63) is 40.3 Å². The molecule has 2 aromatic rings. The van der Waals surface area contributed by atoms with Crippen molar-refractivity contribution in [1.82, 2.24) is 15.5 Å². The molecular weight excluding hydrogens is 270 g/mol. The first kappa shape index (κ1) is 15.2. The van der Waals surface area contributed by atoms with Gasteiger partial charge in [-0.15, -0.1) is 0 Å². The molecule has 0 unspecified atom stereocenters. The van der Waals surface area contributed by atoms with Gasteiger partial charge in [-0.25, -0.2) is 5.10 Å². The van der Waals surface area contributed by atoms with E-state index in [0.717, 1.165) is 12.8 Å². The summed E-state index contributed by atoms with van der Waals surface area (Å²) in [7, 11) is 0. The van der Waals surface area contributed by atoms with E-state index in [2.05, 4.69) is 22.4 Å². The minimum absolute atomic E-state index is 0.221. The van der Waals surface area contributed by atoms with Crippen molar-refractivity contribution < 1.29 is 9.53 Å². The Morgan fingerprint density at radius 1 is 1.29 bits per heavy atom. The number of unbranched alkanes of at least 4 members (excludes halogenated alkanes) is 1. The fourth-order valence-electron chi connectivity index (χ4n) is 1.96. The largest absolute Gasteiger partial charge is 0.380 e. The van der Waals surface area contributed by atoms with Crippen LogP contribution < -0.4 is 10.9 Å². The van der Waals surface area contributed by atoms with E-state index in [-0.39, 0.29) is 17.2 Å². The van der Waals surface area contributed by atoms with E-state index in [4.69, 9.17) is 4.74 Å². The Hall–Kier alpha value is -2.21. The lowest BCUT2D eigenvalue weighted by Gasteiger charge is -2.07. The number of benzene rings is 1. The third-order valence-corrected chi connectivity index (χ3v) is 3.09. The number of hydrogen-bond donors (Lipinski definition) is 2. The molecule has 1 heterocycles. The molecule has 0 bridgehead atoms. The maximum absolute atomic E-state index is 12.1. The van der Waals surface area contributed by atoms with Crippen molar-refractivity contribution in [3.8, 4) is 0 Å². The topological polar surface area (TPSA) is 84.1 Å². The summed E-state index contributed by atoms with van der Waals surface area (Å²) in [6.45, 7) is 3.68. The monoisotopic (exact) mass is 289 g/mol. The summed E-state index contributed by atoms with van der Waals surface area (Å²) < 4.78 is 5.37. The Kier molecular flexibility index (Phi) is 5.45. The van der Waals surface area contributed by atoms with Crippen LogP contribution in [0, 0.1) is 0 Å². The predicted octanol–water partition coefficient (Wildman–Crippen LogP) is 1.47. The number of H-pyrrole nitrogens is 1. The van der Waals surface area contributed by atoms with Crippen LogP contribution in [0.2, 0.25) is 0 Å². The summed E-state index contributed by atoms with van der Waals surface area (Å²) in [5.74, 6) is -0.318. The van der Waals surface area contributed by atoms with Crippen LogP contribution in [-0.4, -0.2) is 35.9 Å². The van der Waals surface area contributed by atoms with Gasteiger partial charge in [0.1, 0.15) is 0 Å². The van der Waals surface area contributed by atoms with Crippen LogP contribution in [0.25, 0.3) is 10.8 Å². The lowest BCUT2D eigenvalue weighted by molar-refractivity contribution is 0.0909. The zero-order chi connectivity index (χ0) is 15.1. The van der Waals surface area contributed by atoms with Gasteiger partial charge in [-0.05, 0) is 12.5 Å². The van der Waals surface area contributed by atoms with Gasteiger partial charge in [0.15, 0.2) is 5.69 Å². The first-order chi connectivity index (χ1) is 10.2. The van der Waals surface area contributed by atoms with E-state index in [1.54, 1.807) is 24.3 Å². The van der Waals surface area contributed by atoms with Gasteiger partial charge in [0.2, 0.25) is 0 Å². The van der Waals surface area contributed by atoms with Crippen molar-refractivity contribution in [2.24, 2.45) is 0 Å². The molecule has 1 aromatic carbocycles. The molecule has 21 heavy (non-hydrogen) atoms. The summed E-state index contributed by atoms with van der Waals surface area (Å²) in [5, 5.41) is 9.93. The number of carbonyl (C=O) groups is 1. The third kappa shape index (κ3) is 3.88. The SMILES string of the molecule is CCCCOCCNC(=O)c1n[nH]c(=O)c2ccccc12. The summed E-state index contributed by atoms with van der Waals surface area (Å²) in [6.07, 6.45) is 2.10. The van der Waals surface area contributed by atoms with Crippen LogP contribution in [0.5, 0.6) is 0 Å². The summed E-state index contributed by atoms with van der Waals surface area (Å²) >= 11 is 0. The number of ether oxygens (including phenoxy) is 1. The predicted molar refractivity (Wildman–Crippen MR) is 80.4 cm³/mol. The first-order valence-corrected chi connectivity index (χ1v) is 7.07. The van der Waals surface area contributed by atoms with E-state index in [1.807, 2.05) is 0 Å². The summed E-state index contributed by atoms with van der Waals surface area (Å²) in [6, 6.07) is 6.90. The molecule has 6 nitrogen and oxygen atoms in total. The molecular formula is C15H19N3O3. The van der Waals surface area contributed by atoms with E-state index in [9.17, 15) is 9.59 Å². The summed E-state index contributed by atoms with van der Waals surface area (Å²) in [4.78, 5) is 23.8. The number of nitrogens with one attached hydrogen (secondary N) is 2. The second-order valence-electron chi connectivity index (χ2n) is 4.67. The third-order valence-electron chi connectivity index (χ3n) is 3.09. The molecule has 0 saturated carbocycles. The van der Waals surface area contributed by atoms with Crippen molar-refractivity contribution >= 4 is 16.7 Å². The fourth-order valence-corrected chi connectivity index (χ4v) is 1.96. The quantitative estimate of drug-likeness (QED) is 0.756. The van der Waals surface area contributed by atoms with E-state index < -0.39 is 0 Å². The van der Waals surface area contributed by atoms with Gasteiger partial charge in [-0.1, -0.05) is 31.5 Å². The molecule has 0 atom stereocenters. The van der Waals surface area contributed by atoms with Crippen molar-refractivity contribution in [2.45, 2.75) is 19.8 Å². The number of carbonyl (C=O) groups excluding carboxylic acids is 1. The van der Waals surface area contributed by atoms with Gasteiger partial charge in [-0.2, -0.15) is 5.10 Å². The molecule has 2 rings (SSSR count). The molecule has 112 valence electrons. The highest BCUT2D eigenvalue weighted by atomic mass is 16.5. The highest BCUT2D eigenvalue weighted by Gasteiger charge is 2.13. The molecule has 6 heteroatoms. The number of rotatable bonds is 7. The standard InChI is InChI=1S/C15H19N3O3/c1-2-3-9-21-10-8-16-15(20)13-11-6-4-5-7-12(11)14(19)18-17-13/h4-7H,2-3,8-10H2,1H3,(H,16,20)(H,18,19). The molecule has 2 N–H and O–H groups in total. The molecule has 0 radical (unpaired) electrons. The lowest BCUT2D eigenvalue weighted by Crippen LogP contribution is -2.29. The molecule has 0 saturated heterocycles. The zero-order valence-electron chi connectivity index (χ0n) is 12.0. The van der Waals surface area contributed by atoms with Gasteiger partial charge in [-0.3, -0.25) is 9.59 Å². The van der Waals surface area contributed by atoms with Crippen molar-refractivity contribution in [2.75, 3.05) is 19.8 Å². The number of hydrogen-bond acceptors (Lipinski definition) is 4. The number of fused-ring (bicyclic) bond motifs is 1. The van der Waals surface area contributed by atoms with Crippen molar-refractivity contribution in [3.63, 3.8) is 0 Å². The minimum Gasteiger partial charge on any atom is -0.380 e. The maximum Gasteiger partial charge on any atom is 0.272 e. The Morgan fingerprint density at radius 2 is 2.05 bits per heavy atom. The fraction of sp³-hybridized carbons (Fsp3) is 0.400. The van der Waals surface area contributed by atoms with Crippen LogP contribution in [0.15, 0.2) is 29.1 Å². The Bertz CT molecular complexity index is 667. The van der Waals surface area contributed by atoms with Crippen LogP contribution in [0.3, 0.4) is 0 Å². The lowest BCUT2D eigenvalue weighted by atomic mass is 10.1. The number of nitrogens with zero attached hydrogens (tertiary/aromatic N) is 1. The Balaban J connectivity index is 2.00. The van der Waals surface area contributed by atoms with Gasteiger partial charge < -0.3 is 10.1 Å². The van der Waals surface area contributed by atoms with Crippen LogP contribution in [0.4, 0.5) is 0 Å². The second kappa shape index (κ2) is 7.54. The molecule has 1 amide bonds. The van der Waals surface area contributed by atoms with Crippen LogP contribution in [-0.2, 0) is 4.74 Å². The van der Waals surface area contributed by atoms with Gasteiger partial charge in [0.25, 0.3) is 11.5 Å². The zero-order valence-corrected chi connectivity index (χ0v) is 12.0. The van der Waals surface area contributed by atoms with Gasteiger partial charge in [0, 0.05) is 18.5 Å².